The Kier molecular flexibility index (Phi) is 5.78. The molecular formula is C19H30N4. The van der Waals surface area contributed by atoms with Crippen LogP contribution in [0, 0.1) is 0 Å². The van der Waals surface area contributed by atoms with E-state index in [0.717, 1.165) is 13.1 Å². The smallest absolute Gasteiger partial charge is 0.191 e. The summed E-state index contributed by atoms with van der Waals surface area (Å²) in [5.74, 6) is 0.688. The Morgan fingerprint density at radius 3 is 2.26 bits per heavy atom. The van der Waals surface area contributed by atoms with Gasteiger partial charge in [-0.1, -0.05) is 44.2 Å². The van der Waals surface area contributed by atoms with E-state index in [1.165, 1.54) is 62.6 Å². The van der Waals surface area contributed by atoms with E-state index in [2.05, 4.69) is 39.5 Å². The molecule has 0 radical (unpaired) electrons. The summed E-state index contributed by atoms with van der Waals surface area (Å²) >= 11 is 0. The molecule has 4 heteroatoms. The van der Waals surface area contributed by atoms with Crippen molar-refractivity contribution in [2.75, 3.05) is 18.4 Å². The molecule has 1 aromatic carbocycles. The molecule has 4 nitrogen and oxygen atoms in total. The molecule has 0 atom stereocenters. The highest BCUT2D eigenvalue weighted by atomic mass is 15.3. The summed E-state index contributed by atoms with van der Waals surface area (Å²) in [6.45, 7) is 2.78. The van der Waals surface area contributed by atoms with Gasteiger partial charge in [-0.15, -0.1) is 0 Å². The quantitative estimate of drug-likeness (QED) is 0.657. The molecule has 1 aliphatic heterocycles. The number of aliphatic imine (C=N–C) groups is 1. The molecule has 1 saturated heterocycles. The van der Waals surface area contributed by atoms with Crippen molar-refractivity contribution in [2.45, 2.75) is 64.0 Å². The number of anilines is 1. The number of rotatable bonds is 4. The molecule has 0 bridgehead atoms. The second-order valence-corrected chi connectivity index (χ2v) is 6.90. The molecule has 3 N–H and O–H groups in total. The average molecular weight is 314 g/mol. The van der Waals surface area contributed by atoms with Crippen LogP contribution in [-0.2, 0) is 6.54 Å². The predicted molar refractivity (Wildman–Crippen MR) is 97.7 cm³/mol. The Hall–Kier alpha value is -1.71. The van der Waals surface area contributed by atoms with Gasteiger partial charge in [0.15, 0.2) is 5.96 Å². The summed E-state index contributed by atoms with van der Waals surface area (Å²) in [4.78, 5) is 6.61. The largest absolute Gasteiger partial charge is 0.382 e. The molecule has 0 aromatic heterocycles. The number of nitrogens with one attached hydrogen (secondary N) is 1. The Morgan fingerprint density at radius 1 is 1.00 bits per heavy atom. The molecule has 3 rings (SSSR count). The molecule has 23 heavy (non-hydrogen) atoms. The lowest BCUT2D eigenvalue weighted by Crippen LogP contribution is -2.46. The zero-order valence-corrected chi connectivity index (χ0v) is 14.1. The van der Waals surface area contributed by atoms with Crippen LogP contribution in [0.2, 0.25) is 0 Å². The summed E-state index contributed by atoms with van der Waals surface area (Å²) in [6, 6.07) is 9.34. The van der Waals surface area contributed by atoms with Crippen molar-refractivity contribution in [1.82, 2.24) is 4.90 Å². The topological polar surface area (TPSA) is 53.6 Å². The normalized spacial score (nSPS) is 20.5. The lowest BCUT2D eigenvalue weighted by atomic mass is 9.96. The van der Waals surface area contributed by atoms with E-state index in [4.69, 9.17) is 5.73 Å². The van der Waals surface area contributed by atoms with Crippen LogP contribution >= 0.6 is 0 Å². The third kappa shape index (κ3) is 4.88. The van der Waals surface area contributed by atoms with E-state index in [1.54, 1.807) is 0 Å². The molecule has 2 fully saturated rings. The second-order valence-electron chi connectivity index (χ2n) is 6.90. The molecule has 0 unspecified atom stereocenters. The maximum absolute atomic E-state index is 5.97. The van der Waals surface area contributed by atoms with E-state index in [0.29, 0.717) is 18.5 Å². The van der Waals surface area contributed by atoms with Crippen molar-refractivity contribution < 1.29 is 0 Å². The number of likely N-dealkylation sites (tertiary alicyclic amines) is 1. The Labute approximate surface area is 140 Å². The van der Waals surface area contributed by atoms with Gasteiger partial charge < -0.3 is 16.0 Å². The van der Waals surface area contributed by atoms with Crippen LogP contribution < -0.4 is 11.1 Å². The molecular weight excluding hydrogens is 284 g/mol. The van der Waals surface area contributed by atoms with Crippen LogP contribution in [0.3, 0.4) is 0 Å². The number of guanidine groups is 1. The molecule has 1 heterocycles. The van der Waals surface area contributed by atoms with E-state index in [9.17, 15) is 0 Å². The van der Waals surface area contributed by atoms with E-state index >= 15 is 0 Å². The van der Waals surface area contributed by atoms with Gasteiger partial charge in [-0.25, -0.2) is 4.99 Å². The monoisotopic (exact) mass is 314 g/mol. The summed E-state index contributed by atoms with van der Waals surface area (Å²) in [5.41, 5.74) is 8.43. The molecule has 0 amide bonds. The lowest BCUT2D eigenvalue weighted by Gasteiger charge is -2.31. The van der Waals surface area contributed by atoms with Crippen LogP contribution in [0.25, 0.3) is 0 Å². The highest BCUT2D eigenvalue weighted by molar-refractivity contribution is 5.78. The van der Waals surface area contributed by atoms with Gasteiger partial charge in [-0.3, -0.25) is 0 Å². The van der Waals surface area contributed by atoms with Gasteiger partial charge in [0, 0.05) is 24.8 Å². The second kappa shape index (κ2) is 8.23. The Morgan fingerprint density at radius 2 is 1.65 bits per heavy atom. The van der Waals surface area contributed by atoms with Crippen molar-refractivity contribution in [3.05, 3.63) is 29.8 Å². The molecule has 1 aliphatic carbocycles. The first-order valence-corrected chi connectivity index (χ1v) is 9.21. The maximum Gasteiger partial charge on any atom is 0.191 e. The van der Waals surface area contributed by atoms with Crippen molar-refractivity contribution in [1.29, 1.82) is 0 Å². The molecule has 0 spiro atoms. The minimum atomic E-state index is 0.640. The van der Waals surface area contributed by atoms with Gasteiger partial charge in [0.25, 0.3) is 0 Å². The van der Waals surface area contributed by atoms with Crippen molar-refractivity contribution in [3.8, 4) is 0 Å². The van der Waals surface area contributed by atoms with Gasteiger partial charge >= 0.3 is 0 Å². The van der Waals surface area contributed by atoms with Gasteiger partial charge in [0.2, 0.25) is 0 Å². The van der Waals surface area contributed by atoms with Gasteiger partial charge in [0.1, 0.15) is 0 Å². The van der Waals surface area contributed by atoms with Gasteiger partial charge in [-0.05, 0) is 37.0 Å². The zero-order chi connectivity index (χ0) is 15.9. The van der Waals surface area contributed by atoms with Crippen LogP contribution in [0.5, 0.6) is 0 Å². The third-order valence-electron chi connectivity index (χ3n) is 5.03. The summed E-state index contributed by atoms with van der Waals surface area (Å²) < 4.78 is 0. The number of nitrogens with two attached hydrogens (primary N) is 1. The fraction of sp³-hybridized carbons (Fsp3) is 0.632. The number of benzene rings is 1. The zero-order valence-electron chi connectivity index (χ0n) is 14.1. The van der Waals surface area contributed by atoms with Crippen LogP contribution in [0.1, 0.15) is 56.9 Å². The first-order valence-electron chi connectivity index (χ1n) is 9.21. The summed E-state index contributed by atoms with van der Waals surface area (Å²) in [7, 11) is 0. The van der Waals surface area contributed by atoms with E-state index < -0.39 is 0 Å². The Balaban J connectivity index is 1.49. The van der Waals surface area contributed by atoms with Crippen LogP contribution in [0.4, 0.5) is 5.69 Å². The van der Waals surface area contributed by atoms with Crippen LogP contribution in [0.15, 0.2) is 29.3 Å². The summed E-state index contributed by atoms with van der Waals surface area (Å²) in [6.07, 6.45) is 10.8. The fourth-order valence-corrected chi connectivity index (χ4v) is 3.36. The molecule has 2 aliphatic rings. The number of nitrogens with zero attached hydrogens (tertiary/aromatic N) is 2. The van der Waals surface area contributed by atoms with E-state index in [-0.39, 0.29) is 0 Å². The molecule has 1 saturated carbocycles. The van der Waals surface area contributed by atoms with Crippen molar-refractivity contribution in [3.63, 3.8) is 0 Å². The van der Waals surface area contributed by atoms with Crippen LogP contribution in [-0.4, -0.2) is 30.0 Å². The van der Waals surface area contributed by atoms with E-state index in [1.807, 2.05) is 0 Å². The maximum atomic E-state index is 5.97. The molecule has 126 valence electrons. The highest BCUT2D eigenvalue weighted by Crippen LogP contribution is 2.21. The van der Waals surface area contributed by atoms with Crippen molar-refractivity contribution >= 4 is 11.6 Å². The standard InChI is InChI=1S/C19H30N4/c20-19(23-13-6-14-23)21-15-16-9-11-18(12-10-16)22-17-7-4-2-1-3-5-8-17/h9-12,17,22H,1-8,13-15H2,(H2,20,21). The van der Waals surface area contributed by atoms with Crippen molar-refractivity contribution in [2.24, 2.45) is 10.7 Å². The summed E-state index contributed by atoms with van der Waals surface area (Å²) in [5, 5.41) is 3.71. The Bertz CT molecular complexity index is 497. The number of hydrogen-bond donors (Lipinski definition) is 2. The molecule has 1 aromatic rings. The average Bonchev–Trinajstić information content (AvgIpc) is 2.47. The predicted octanol–water partition coefficient (Wildman–Crippen LogP) is 3.73. The SMILES string of the molecule is NC(=NCc1ccc(NC2CCCCCCC2)cc1)N1CCC1. The lowest BCUT2D eigenvalue weighted by molar-refractivity contribution is 0.295. The van der Waals surface area contributed by atoms with Gasteiger partial charge in [-0.2, -0.15) is 0 Å². The minimum absolute atomic E-state index is 0.640. The first-order chi connectivity index (χ1) is 11.3. The minimum Gasteiger partial charge on any atom is -0.382 e. The fourth-order valence-electron chi connectivity index (χ4n) is 3.36. The third-order valence-corrected chi connectivity index (χ3v) is 5.03. The first kappa shape index (κ1) is 16.2. The van der Waals surface area contributed by atoms with Gasteiger partial charge in [0.05, 0.1) is 6.54 Å². The number of hydrogen-bond acceptors (Lipinski definition) is 2. The highest BCUT2D eigenvalue weighted by Gasteiger charge is 2.15.